The van der Waals surface area contributed by atoms with Gasteiger partial charge >= 0.3 is 6.18 Å². The number of aromatic nitrogens is 2. The van der Waals surface area contributed by atoms with Gasteiger partial charge in [0.25, 0.3) is 0 Å². The van der Waals surface area contributed by atoms with Crippen molar-refractivity contribution >= 4 is 11.6 Å². The number of halogens is 3. The maximum Gasteiger partial charge on any atom is 0.435 e. The number of carbonyl (C=O) groups is 1. The highest BCUT2D eigenvalue weighted by atomic mass is 19.4. The highest BCUT2D eigenvalue weighted by Gasteiger charge is 2.38. The van der Waals surface area contributed by atoms with E-state index in [0.717, 1.165) is 30.0 Å². The number of anilines is 1. The van der Waals surface area contributed by atoms with Crippen molar-refractivity contribution in [3.63, 3.8) is 0 Å². The van der Waals surface area contributed by atoms with Crippen molar-refractivity contribution in [3.8, 4) is 0 Å². The van der Waals surface area contributed by atoms with Crippen LogP contribution in [-0.2, 0) is 17.5 Å². The second kappa shape index (κ2) is 5.96. The van der Waals surface area contributed by atoms with Crippen molar-refractivity contribution in [2.24, 2.45) is 0 Å². The molecule has 1 aromatic heterocycles. The summed E-state index contributed by atoms with van der Waals surface area (Å²) in [5, 5.41) is 6.33. The maximum absolute atomic E-state index is 12.9. The van der Waals surface area contributed by atoms with E-state index in [2.05, 4.69) is 10.4 Å². The largest absolute Gasteiger partial charge is 0.435 e. The molecule has 1 aliphatic rings. The Balaban J connectivity index is 1.77. The van der Waals surface area contributed by atoms with E-state index in [0.29, 0.717) is 11.4 Å². The molecule has 128 valence electrons. The SMILES string of the molecule is Cc1ccc(NC(=O)Cn2nc(C(F)(F)F)cc2C2CC2)c(C)c1. The Morgan fingerprint density at radius 1 is 1.29 bits per heavy atom. The minimum atomic E-state index is -4.50. The molecular weight excluding hydrogens is 319 g/mol. The fourth-order valence-corrected chi connectivity index (χ4v) is 2.68. The van der Waals surface area contributed by atoms with E-state index in [4.69, 9.17) is 0 Å². The van der Waals surface area contributed by atoms with Gasteiger partial charge in [0, 0.05) is 17.3 Å². The molecule has 2 aromatic rings. The third kappa shape index (κ3) is 3.60. The summed E-state index contributed by atoms with van der Waals surface area (Å²) in [5.41, 5.74) is 2.18. The average Bonchev–Trinajstić information content (AvgIpc) is 3.22. The minimum Gasteiger partial charge on any atom is -0.324 e. The zero-order chi connectivity index (χ0) is 17.5. The molecule has 0 unspecified atom stereocenters. The van der Waals surface area contributed by atoms with E-state index >= 15 is 0 Å². The number of rotatable bonds is 4. The first-order chi connectivity index (χ1) is 11.2. The van der Waals surface area contributed by atoms with E-state index in [1.54, 1.807) is 6.07 Å². The van der Waals surface area contributed by atoms with Crippen molar-refractivity contribution < 1.29 is 18.0 Å². The van der Waals surface area contributed by atoms with Crippen LogP contribution < -0.4 is 5.32 Å². The maximum atomic E-state index is 12.9. The lowest BCUT2D eigenvalue weighted by molar-refractivity contribution is -0.141. The van der Waals surface area contributed by atoms with Crippen LogP contribution in [-0.4, -0.2) is 15.7 Å². The topological polar surface area (TPSA) is 46.9 Å². The summed E-state index contributed by atoms with van der Waals surface area (Å²) in [6.45, 7) is 3.59. The first-order valence-electron chi connectivity index (χ1n) is 7.76. The smallest absolute Gasteiger partial charge is 0.324 e. The van der Waals surface area contributed by atoms with Gasteiger partial charge in [-0.15, -0.1) is 0 Å². The monoisotopic (exact) mass is 337 g/mol. The molecule has 1 aliphatic carbocycles. The third-order valence-electron chi connectivity index (χ3n) is 4.05. The van der Waals surface area contributed by atoms with E-state index < -0.39 is 11.9 Å². The van der Waals surface area contributed by atoms with Gasteiger partial charge in [0.1, 0.15) is 6.54 Å². The summed E-state index contributed by atoms with van der Waals surface area (Å²) < 4.78 is 39.8. The Morgan fingerprint density at radius 2 is 2.00 bits per heavy atom. The molecule has 1 N–H and O–H groups in total. The number of nitrogens with zero attached hydrogens (tertiary/aromatic N) is 2. The molecule has 24 heavy (non-hydrogen) atoms. The highest BCUT2D eigenvalue weighted by Crippen LogP contribution is 2.42. The fraction of sp³-hybridized carbons (Fsp3) is 0.412. The van der Waals surface area contributed by atoms with Crippen LogP contribution in [0.2, 0.25) is 0 Å². The quantitative estimate of drug-likeness (QED) is 0.915. The van der Waals surface area contributed by atoms with Crippen molar-refractivity contribution in [3.05, 3.63) is 46.8 Å². The zero-order valence-corrected chi connectivity index (χ0v) is 13.4. The lowest BCUT2D eigenvalue weighted by Crippen LogP contribution is -2.21. The van der Waals surface area contributed by atoms with Crippen molar-refractivity contribution in [1.29, 1.82) is 0 Å². The minimum absolute atomic E-state index is 0.0718. The van der Waals surface area contributed by atoms with Crippen LogP contribution in [0.25, 0.3) is 0 Å². The van der Waals surface area contributed by atoms with Gasteiger partial charge in [-0.05, 0) is 44.4 Å². The van der Waals surface area contributed by atoms with Gasteiger partial charge in [-0.25, -0.2) is 0 Å². The Labute approximate surface area is 137 Å². The van der Waals surface area contributed by atoms with E-state index in [1.807, 2.05) is 26.0 Å². The Bertz CT molecular complexity index is 776. The normalized spacial score (nSPS) is 14.7. The first-order valence-corrected chi connectivity index (χ1v) is 7.76. The number of aryl methyl sites for hydroxylation is 2. The highest BCUT2D eigenvalue weighted by molar-refractivity contribution is 5.91. The van der Waals surface area contributed by atoms with Crippen molar-refractivity contribution in [2.45, 2.75) is 45.3 Å². The zero-order valence-electron chi connectivity index (χ0n) is 13.4. The molecule has 0 atom stereocenters. The number of hydrogen-bond acceptors (Lipinski definition) is 2. The number of amides is 1. The van der Waals surface area contributed by atoms with Crippen LogP contribution >= 0.6 is 0 Å². The second-order valence-electron chi connectivity index (χ2n) is 6.25. The van der Waals surface area contributed by atoms with Gasteiger partial charge in [0.15, 0.2) is 5.69 Å². The van der Waals surface area contributed by atoms with Crippen LogP contribution in [0.4, 0.5) is 18.9 Å². The van der Waals surface area contributed by atoms with Crippen LogP contribution in [0.15, 0.2) is 24.3 Å². The number of benzene rings is 1. The molecule has 1 amide bonds. The van der Waals surface area contributed by atoms with E-state index in [9.17, 15) is 18.0 Å². The summed E-state index contributed by atoms with van der Waals surface area (Å²) >= 11 is 0. The lowest BCUT2D eigenvalue weighted by Gasteiger charge is -2.10. The standard InChI is InChI=1S/C17H18F3N3O/c1-10-3-6-13(11(2)7-10)21-16(24)9-23-14(12-4-5-12)8-15(22-23)17(18,19)20/h3,6-8,12H,4-5,9H2,1-2H3,(H,21,24). The number of hydrogen-bond donors (Lipinski definition) is 1. The van der Waals surface area contributed by atoms with E-state index in [1.165, 1.54) is 4.68 Å². The van der Waals surface area contributed by atoms with Gasteiger partial charge in [0.2, 0.25) is 5.91 Å². The Kier molecular flexibility index (Phi) is 4.11. The van der Waals surface area contributed by atoms with E-state index in [-0.39, 0.29) is 18.4 Å². The molecule has 1 saturated carbocycles. The molecule has 7 heteroatoms. The summed E-state index contributed by atoms with van der Waals surface area (Å²) in [6, 6.07) is 6.64. The lowest BCUT2D eigenvalue weighted by atomic mass is 10.1. The Morgan fingerprint density at radius 3 is 2.58 bits per heavy atom. The van der Waals surface area contributed by atoms with Crippen LogP contribution in [0.1, 0.15) is 41.3 Å². The molecule has 0 spiro atoms. The predicted octanol–water partition coefficient (Wildman–Crippen LogP) is 4.03. The molecular formula is C17H18F3N3O. The molecule has 0 bridgehead atoms. The van der Waals surface area contributed by atoms with Gasteiger partial charge in [-0.1, -0.05) is 17.7 Å². The van der Waals surface area contributed by atoms with Crippen LogP contribution in [0.5, 0.6) is 0 Å². The summed E-state index contributed by atoms with van der Waals surface area (Å²) in [6.07, 6.45) is -2.83. The third-order valence-corrected chi connectivity index (χ3v) is 4.05. The predicted molar refractivity (Wildman–Crippen MR) is 83.7 cm³/mol. The Hall–Kier alpha value is -2.31. The molecule has 1 heterocycles. The van der Waals surface area contributed by atoms with Gasteiger partial charge in [-0.2, -0.15) is 18.3 Å². The van der Waals surface area contributed by atoms with Gasteiger partial charge in [-0.3, -0.25) is 9.48 Å². The summed E-state index contributed by atoms with van der Waals surface area (Å²) in [5.74, 6) is -0.316. The molecule has 1 aromatic carbocycles. The number of carbonyl (C=O) groups excluding carboxylic acids is 1. The second-order valence-corrected chi connectivity index (χ2v) is 6.25. The molecule has 0 radical (unpaired) electrons. The molecule has 0 saturated heterocycles. The van der Waals surface area contributed by atoms with Crippen LogP contribution in [0.3, 0.4) is 0 Å². The first kappa shape index (κ1) is 16.5. The number of nitrogens with one attached hydrogen (secondary N) is 1. The molecule has 3 rings (SSSR count). The molecule has 1 fully saturated rings. The van der Waals surface area contributed by atoms with Crippen LogP contribution in [0, 0.1) is 13.8 Å². The average molecular weight is 337 g/mol. The summed E-state index contributed by atoms with van der Waals surface area (Å²) in [4.78, 5) is 12.2. The van der Waals surface area contributed by atoms with Crippen molar-refractivity contribution in [2.75, 3.05) is 5.32 Å². The van der Waals surface area contributed by atoms with Gasteiger partial charge in [0.05, 0.1) is 0 Å². The molecule has 0 aliphatic heterocycles. The fourth-order valence-electron chi connectivity index (χ4n) is 2.68. The van der Waals surface area contributed by atoms with Gasteiger partial charge < -0.3 is 5.32 Å². The summed E-state index contributed by atoms with van der Waals surface area (Å²) in [7, 11) is 0. The number of alkyl halides is 3. The molecule has 4 nitrogen and oxygen atoms in total. The van der Waals surface area contributed by atoms with Crippen molar-refractivity contribution in [1.82, 2.24) is 9.78 Å².